The Morgan fingerprint density at radius 2 is 1.58 bits per heavy atom. The first-order valence-electron chi connectivity index (χ1n) is 8.19. The highest BCUT2D eigenvalue weighted by Gasteiger charge is 2.19. The summed E-state index contributed by atoms with van der Waals surface area (Å²) in [5.41, 5.74) is 3.37. The molecule has 1 aromatic heterocycles. The number of benzene rings is 2. The molecule has 5 heteroatoms. The van der Waals surface area contributed by atoms with Gasteiger partial charge in [-0.2, -0.15) is 10.2 Å². The molecule has 0 atom stereocenters. The number of rotatable bonds is 3. The van der Waals surface area contributed by atoms with Crippen LogP contribution in [0.25, 0.3) is 10.9 Å². The zero-order valence-electron chi connectivity index (χ0n) is 13.7. The molecule has 2 aromatic carbocycles. The van der Waals surface area contributed by atoms with Gasteiger partial charge in [-0.05, 0) is 30.3 Å². The van der Waals surface area contributed by atoms with Crippen LogP contribution in [-0.2, 0) is 0 Å². The molecule has 2 heterocycles. The average molecular weight is 320 g/mol. The lowest BCUT2D eigenvalue weighted by Gasteiger charge is -2.37. The third-order valence-electron chi connectivity index (χ3n) is 4.58. The molecule has 0 saturated carbocycles. The van der Waals surface area contributed by atoms with E-state index in [1.807, 2.05) is 30.5 Å². The summed E-state index contributed by atoms with van der Waals surface area (Å²) in [7, 11) is 1.70. The van der Waals surface area contributed by atoms with E-state index < -0.39 is 0 Å². The zero-order valence-corrected chi connectivity index (χ0v) is 13.7. The lowest BCUT2D eigenvalue weighted by molar-refractivity contribution is 0.415. The lowest BCUT2D eigenvalue weighted by atomic mass is 10.1. The van der Waals surface area contributed by atoms with Crippen molar-refractivity contribution in [2.24, 2.45) is 0 Å². The van der Waals surface area contributed by atoms with Gasteiger partial charge in [0.2, 0.25) is 0 Å². The number of nitrogens with zero attached hydrogens (tertiary/aromatic N) is 4. The molecule has 0 spiro atoms. The standard InChI is InChI=1S/C19H20N4O/c1-24-16-8-6-15(7-9-16)22-10-12-23(13-11-22)19-14-20-21-18-5-3-2-4-17(18)19/h2-9,14H,10-13H2,1H3. The average Bonchev–Trinajstić information content (AvgIpc) is 2.68. The van der Waals surface area contributed by atoms with Gasteiger partial charge in [-0.15, -0.1) is 0 Å². The van der Waals surface area contributed by atoms with Crippen molar-refractivity contribution in [2.45, 2.75) is 0 Å². The summed E-state index contributed by atoms with van der Waals surface area (Å²) in [5.74, 6) is 0.895. The summed E-state index contributed by atoms with van der Waals surface area (Å²) in [6.07, 6.45) is 1.88. The van der Waals surface area contributed by atoms with E-state index in [0.717, 1.165) is 37.4 Å². The molecule has 122 valence electrons. The predicted octanol–water partition coefficient (Wildman–Crippen LogP) is 2.97. The maximum Gasteiger partial charge on any atom is 0.119 e. The topological polar surface area (TPSA) is 41.5 Å². The predicted molar refractivity (Wildman–Crippen MR) is 97.0 cm³/mol. The van der Waals surface area contributed by atoms with E-state index in [1.54, 1.807) is 7.11 Å². The fourth-order valence-corrected chi connectivity index (χ4v) is 3.24. The van der Waals surface area contributed by atoms with Gasteiger partial charge >= 0.3 is 0 Å². The van der Waals surface area contributed by atoms with Gasteiger partial charge in [0.15, 0.2) is 0 Å². The Bertz CT molecular complexity index is 821. The fraction of sp³-hybridized carbons (Fsp3) is 0.263. The number of piperazine rings is 1. The van der Waals surface area contributed by atoms with E-state index >= 15 is 0 Å². The molecule has 0 bridgehead atoms. The molecule has 1 fully saturated rings. The molecule has 0 aliphatic carbocycles. The normalized spacial score (nSPS) is 14.9. The molecule has 0 N–H and O–H groups in total. The second kappa shape index (κ2) is 6.35. The first-order valence-corrected chi connectivity index (χ1v) is 8.19. The van der Waals surface area contributed by atoms with Crippen LogP contribution in [0.4, 0.5) is 11.4 Å². The molecule has 5 nitrogen and oxygen atoms in total. The van der Waals surface area contributed by atoms with Gasteiger partial charge < -0.3 is 14.5 Å². The van der Waals surface area contributed by atoms with Crippen molar-refractivity contribution in [3.05, 3.63) is 54.7 Å². The van der Waals surface area contributed by atoms with Crippen LogP contribution in [0.15, 0.2) is 54.7 Å². The van der Waals surface area contributed by atoms with E-state index in [1.165, 1.54) is 16.8 Å². The van der Waals surface area contributed by atoms with Gasteiger partial charge in [-0.1, -0.05) is 18.2 Å². The van der Waals surface area contributed by atoms with Gasteiger partial charge in [0.1, 0.15) is 5.75 Å². The maximum atomic E-state index is 5.23. The number of fused-ring (bicyclic) bond motifs is 1. The number of aromatic nitrogens is 2. The monoisotopic (exact) mass is 320 g/mol. The van der Waals surface area contributed by atoms with Crippen LogP contribution in [-0.4, -0.2) is 43.5 Å². The first-order chi connectivity index (χ1) is 11.8. The third kappa shape index (κ3) is 2.73. The summed E-state index contributed by atoms with van der Waals surface area (Å²) in [5, 5.41) is 9.55. The van der Waals surface area contributed by atoms with Gasteiger partial charge in [0.05, 0.1) is 24.5 Å². The molecular weight excluding hydrogens is 300 g/mol. The second-order valence-electron chi connectivity index (χ2n) is 5.92. The van der Waals surface area contributed by atoms with E-state index in [9.17, 15) is 0 Å². The molecule has 1 aliphatic rings. The van der Waals surface area contributed by atoms with E-state index in [4.69, 9.17) is 4.74 Å². The van der Waals surface area contributed by atoms with Crippen molar-refractivity contribution >= 4 is 22.3 Å². The Kier molecular flexibility index (Phi) is 3.91. The summed E-state index contributed by atoms with van der Waals surface area (Å²) in [6.45, 7) is 3.93. The number of methoxy groups -OCH3 is 1. The molecular formula is C19H20N4O. The van der Waals surface area contributed by atoms with Gasteiger partial charge in [0.25, 0.3) is 0 Å². The molecule has 0 amide bonds. The first kappa shape index (κ1) is 14.8. The van der Waals surface area contributed by atoms with Crippen LogP contribution in [0, 0.1) is 0 Å². The number of ether oxygens (including phenoxy) is 1. The highest BCUT2D eigenvalue weighted by Crippen LogP contribution is 2.26. The van der Waals surface area contributed by atoms with E-state index in [2.05, 4.69) is 44.3 Å². The van der Waals surface area contributed by atoms with Crippen molar-refractivity contribution in [3.63, 3.8) is 0 Å². The zero-order chi connectivity index (χ0) is 16.4. The van der Waals surface area contributed by atoms with Crippen LogP contribution >= 0.6 is 0 Å². The minimum Gasteiger partial charge on any atom is -0.497 e. The van der Waals surface area contributed by atoms with Crippen molar-refractivity contribution in [1.82, 2.24) is 10.2 Å². The van der Waals surface area contributed by atoms with Gasteiger partial charge in [-0.3, -0.25) is 0 Å². The molecule has 1 saturated heterocycles. The molecule has 3 aromatic rings. The van der Waals surface area contributed by atoms with Crippen molar-refractivity contribution < 1.29 is 4.74 Å². The molecule has 1 aliphatic heterocycles. The minimum absolute atomic E-state index is 0.895. The highest BCUT2D eigenvalue weighted by atomic mass is 16.5. The van der Waals surface area contributed by atoms with Crippen LogP contribution in [0.2, 0.25) is 0 Å². The van der Waals surface area contributed by atoms with Gasteiger partial charge in [0, 0.05) is 37.3 Å². The summed E-state index contributed by atoms with van der Waals surface area (Å²) in [6, 6.07) is 16.5. The molecule has 24 heavy (non-hydrogen) atoms. The molecule has 0 radical (unpaired) electrons. The molecule has 4 rings (SSSR count). The SMILES string of the molecule is COc1ccc(N2CCN(c3cnnc4ccccc34)CC2)cc1. The Balaban J connectivity index is 1.51. The molecule has 0 unspecified atom stereocenters. The lowest BCUT2D eigenvalue weighted by Crippen LogP contribution is -2.46. The Hall–Kier alpha value is -2.82. The van der Waals surface area contributed by atoms with Crippen molar-refractivity contribution in [3.8, 4) is 5.75 Å². The maximum absolute atomic E-state index is 5.23. The van der Waals surface area contributed by atoms with Crippen LogP contribution in [0.5, 0.6) is 5.75 Å². The second-order valence-corrected chi connectivity index (χ2v) is 5.92. The quantitative estimate of drug-likeness (QED) is 0.742. The summed E-state index contributed by atoms with van der Waals surface area (Å²) < 4.78 is 5.23. The Morgan fingerprint density at radius 3 is 2.33 bits per heavy atom. The van der Waals surface area contributed by atoms with Gasteiger partial charge in [-0.25, -0.2) is 0 Å². The van der Waals surface area contributed by atoms with E-state index in [0.29, 0.717) is 0 Å². The largest absolute Gasteiger partial charge is 0.497 e. The van der Waals surface area contributed by atoms with Crippen LogP contribution < -0.4 is 14.5 Å². The number of anilines is 2. The van der Waals surface area contributed by atoms with Crippen LogP contribution in [0.3, 0.4) is 0 Å². The highest BCUT2D eigenvalue weighted by molar-refractivity contribution is 5.90. The Labute approximate surface area is 141 Å². The van der Waals surface area contributed by atoms with Crippen molar-refractivity contribution in [2.75, 3.05) is 43.1 Å². The third-order valence-corrected chi connectivity index (χ3v) is 4.58. The van der Waals surface area contributed by atoms with Crippen LogP contribution in [0.1, 0.15) is 0 Å². The number of hydrogen-bond acceptors (Lipinski definition) is 5. The van der Waals surface area contributed by atoms with E-state index in [-0.39, 0.29) is 0 Å². The smallest absolute Gasteiger partial charge is 0.119 e. The minimum atomic E-state index is 0.895. The fourth-order valence-electron chi connectivity index (χ4n) is 3.24. The summed E-state index contributed by atoms with van der Waals surface area (Å²) >= 11 is 0. The number of hydrogen-bond donors (Lipinski definition) is 0. The Morgan fingerprint density at radius 1 is 0.875 bits per heavy atom. The summed E-state index contributed by atoms with van der Waals surface area (Å²) in [4.78, 5) is 4.81. The van der Waals surface area contributed by atoms with Crippen molar-refractivity contribution in [1.29, 1.82) is 0 Å².